The summed E-state index contributed by atoms with van der Waals surface area (Å²) < 4.78 is 7.98. The molecule has 0 unspecified atom stereocenters. The summed E-state index contributed by atoms with van der Waals surface area (Å²) >= 11 is 5.72. The Morgan fingerprint density at radius 1 is 0.0963 bits per heavy atom. The first kappa shape index (κ1) is 80.6. The van der Waals surface area contributed by atoms with Crippen LogP contribution in [0.5, 0.6) is 0 Å². The first-order chi connectivity index (χ1) is 66.9. The Hall–Kier alpha value is -16.5. The molecule has 27 aromatic rings. The minimum Gasteiger partial charge on any atom is -0.135 e. The summed E-state index contributed by atoms with van der Waals surface area (Å²) in [5.74, 6) is 0. The van der Waals surface area contributed by atoms with E-state index >= 15 is 0 Å². The van der Waals surface area contributed by atoms with Crippen molar-refractivity contribution < 1.29 is 0 Å². The Morgan fingerprint density at radius 2 is 0.333 bits per heavy atom. The zero-order chi connectivity index (χ0) is 89.2. The molecule has 0 aliphatic carbocycles. The highest BCUT2D eigenvalue weighted by Gasteiger charge is 2.23. The van der Waals surface area contributed by atoms with Crippen LogP contribution in [0, 0.1) is 0 Å². The highest BCUT2D eigenvalue weighted by Crippen LogP contribution is 2.52. The van der Waals surface area contributed by atoms with Crippen LogP contribution in [0.2, 0.25) is 0 Å². The van der Waals surface area contributed by atoms with Gasteiger partial charge in [0.1, 0.15) is 0 Å². The van der Waals surface area contributed by atoms with Gasteiger partial charge in [-0.2, -0.15) is 0 Å². The van der Waals surface area contributed by atoms with E-state index in [4.69, 9.17) is 0 Å². The van der Waals surface area contributed by atoms with E-state index in [0.717, 1.165) is 0 Å². The second kappa shape index (κ2) is 34.7. The number of benzene rings is 24. The summed E-state index contributed by atoms with van der Waals surface area (Å²) in [5.41, 5.74) is 30.1. The Kier molecular flexibility index (Phi) is 20.7. The summed E-state index contributed by atoms with van der Waals surface area (Å²) in [6.07, 6.45) is 0. The summed E-state index contributed by atoms with van der Waals surface area (Å²) in [7, 11) is 0. The van der Waals surface area contributed by atoms with E-state index in [9.17, 15) is 0 Å². The van der Waals surface area contributed by atoms with E-state index in [2.05, 4.69) is 510 Å². The van der Waals surface area contributed by atoms with Gasteiger partial charge >= 0.3 is 0 Å². The van der Waals surface area contributed by atoms with Crippen molar-refractivity contribution in [3.05, 3.63) is 510 Å². The van der Waals surface area contributed by atoms with Gasteiger partial charge in [0.05, 0.1) is 0 Å². The van der Waals surface area contributed by atoms with Crippen molar-refractivity contribution >= 4 is 159 Å². The molecule has 0 N–H and O–H groups in total. The zero-order valence-electron chi connectivity index (χ0n) is 73.7. The Morgan fingerprint density at radius 3 is 0.726 bits per heavy atom. The number of thiophene rings is 3. The quantitative estimate of drug-likeness (QED) is 0.107. The van der Waals surface area contributed by atoms with E-state index in [1.807, 2.05) is 34.0 Å². The lowest BCUT2D eigenvalue weighted by molar-refractivity contribution is 1.62. The third-order valence-corrected chi connectivity index (χ3v) is 31.0. The molecule has 0 amide bonds. The normalized spacial score (nSPS) is 11.6. The topological polar surface area (TPSA) is 0 Å². The van der Waals surface area contributed by atoms with Gasteiger partial charge in [0.25, 0.3) is 0 Å². The Bertz CT molecular complexity index is 9230. The molecule has 630 valence electrons. The third kappa shape index (κ3) is 14.9. The summed E-state index contributed by atoms with van der Waals surface area (Å²) in [5, 5.41) is 23.3. The van der Waals surface area contributed by atoms with Gasteiger partial charge in [-0.05, 0) is 254 Å². The molecule has 0 nitrogen and oxygen atoms in total. The standard InChI is InChI=1S/C50H32S.C44H28S.C38H24S/c1-4-14-33(15-5-1)39-29-45(35-18-8-3-9-19-35)49-47(31-39)48-32-40(34-16-6-2-7-17-34)30-46(50(48)51-49)37-26-24-36(25-27-37)44-28-38-20-10-11-21-41(38)42-22-12-13-23-43(42)44;1-3-12-29(13-4-1)31-22-23-43-41(25-31)42-28-35(30-14-5-2-6-15-30)27-40(44(42)45-43)33-18-11-17-32(24-33)39-26-34-16-7-8-19-36(34)37-20-9-10-21-38(37)39;1-2-10-25(11-3-1)30-16-8-18-34-35-19-9-17-31(38(35)39-37(30)34)26-20-22-27(23-21-26)36-24-28-12-4-5-13-29(28)32-14-6-7-15-33(32)36/h1-32H;1-28H;1-24H. The molecule has 0 aliphatic rings. The minimum atomic E-state index is 1.22. The fraction of sp³-hybridized carbons (Fsp3) is 0. The highest BCUT2D eigenvalue weighted by molar-refractivity contribution is 7.27. The smallest absolute Gasteiger partial charge is 0.0434 e. The van der Waals surface area contributed by atoms with Crippen LogP contribution in [0.15, 0.2) is 510 Å². The molecule has 3 heteroatoms. The van der Waals surface area contributed by atoms with Gasteiger partial charge < -0.3 is 0 Å². The third-order valence-electron chi connectivity index (χ3n) is 27.2. The van der Waals surface area contributed by atoms with Crippen molar-refractivity contribution in [3.8, 4) is 134 Å². The van der Waals surface area contributed by atoms with Gasteiger partial charge in [-0.3, -0.25) is 0 Å². The van der Waals surface area contributed by atoms with Crippen molar-refractivity contribution in [3.63, 3.8) is 0 Å². The zero-order valence-corrected chi connectivity index (χ0v) is 76.2. The summed E-state index contributed by atoms with van der Waals surface area (Å²) in [4.78, 5) is 0. The van der Waals surface area contributed by atoms with Crippen LogP contribution in [-0.4, -0.2) is 0 Å². The summed E-state index contributed by atoms with van der Waals surface area (Å²) in [6.45, 7) is 0. The van der Waals surface area contributed by atoms with Crippen LogP contribution < -0.4 is 0 Å². The first-order valence-corrected chi connectivity index (χ1v) is 48.7. The average molecular weight is 1770 g/mol. The Balaban J connectivity index is 0.000000109. The fourth-order valence-corrected chi connectivity index (χ4v) is 24.5. The minimum absolute atomic E-state index is 1.22. The van der Waals surface area contributed by atoms with Crippen LogP contribution in [0.3, 0.4) is 0 Å². The largest absolute Gasteiger partial charge is 0.135 e. The number of rotatable bonds is 12. The monoisotopic (exact) mass is 1760 g/mol. The van der Waals surface area contributed by atoms with E-state index < -0.39 is 0 Å². The molecule has 0 radical (unpaired) electrons. The second-order valence-electron chi connectivity index (χ2n) is 35.1. The average Bonchev–Trinajstić information content (AvgIpc) is 1.60. The number of hydrogen-bond acceptors (Lipinski definition) is 3. The molecule has 0 spiro atoms. The lowest BCUT2D eigenvalue weighted by Gasteiger charge is -2.13. The Labute approximate surface area is 795 Å². The van der Waals surface area contributed by atoms with Crippen LogP contribution in [0.25, 0.3) is 259 Å². The highest BCUT2D eigenvalue weighted by atomic mass is 32.1. The first-order valence-electron chi connectivity index (χ1n) is 46.3. The van der Waals surface area contributed by atoms with Gasteiger partial charge in [-0.15, -0.1) is 34.0 Å². The number of fused-ring (bicyclic) bond motifs is 18. The maximum atomic E-state index is 2.41. The molecule has 0 bridgehead atoms. The maximum absolute atomic E-state index is 2.41. The van der Waals surface area contributed by atoms with Crippen LogP contribution in [-0.2, 0) is 0 Å². The van der Waals surface area contributed by atoms with E-state index in [1.165, 1.54) is 259 Å². The molecule has 27 rings (SSSR count). The molecule has 3 heterocycles. The van der Waals surface area contributed by atoms with Crippen molar-refractivity contribution in [1.29, 1.82) is 0 Å². The molecule has 135 heavy (non-hydrogen) atoms. The van der Waals surface area contributed by atoms with Crippen LogP contribution in [0.4, 0.5) is 0 Å². The maximum Gasteiger partial charge on any atom is 0.0434 e. The lowest BCUT2D eigenvalue weighted by atomic mass is 9.91. The van der Waals surface area contributed by atoms with Gasteiger partial charge in [0.15, 0.2) is 0 Å². The van der Waals surface area contributed by atoms with Crippen molar-refractivity contribution in [2.45, 2.75) is 0 Å². The summed E-state index contributed by atoms with van der Waals surface area (Å²) in [6, 6.07) is 186. The predicted octanol–water partition coefficient (Wildman–Crippen LogP) is 39.1. The van der Waals surface area contributed by atoms with Crippen LogP contribution in [0.1, 0.15) is 0 Å². The molecular weight excluding hydrogens is 1680 g/mol. The number of hydrogen-bond donors (Lipinski definition) is 0. The van der Waals surface area contributed by atoms with Gasteiger partial charge in [0.2, 0.25) is 0 Å². The molecule has 24 aromatic carbocycles. The molecule has 0 saturated carbocycles. The van der Waals surface area contributed by atoms with E-state index in [1.54, 1.807) is 0 Å². The van der Waals surface area contributed by atoms with E-state index in [-0.39, 0.29) is 0 Å². The molecule has 3 aromatic heterocycles. The van der Waals surface area contributed by atoms with Gasteiger partial charge in [-0.25, -0.2) is 0 Å². The molecule has 0 fully saturated rings. The molecule has 0 aliphatic heterocycles. The van der Waals surface area contributed by atoms with Crippen molar-refractivity contribution in [2.24, 2.45) is 0 Å². The second-order valence-corrected chi connectivity index (χ2v) is 38.2. The lowest BCUT2D eigenvalue weighted by Crippen LogP contribution is -1.87. The molecule has 0 atom stereocenters. The SMILES string of the molecule is c1ccc(-c2cc(-c3ccccc3)c3sc4c(-c5ccc(-c6cc7ccccc7c7ccccc67)cc5)cc(-c5ccccc5)cc4c3c2)cc1.c1ccc(-c2ccc3sc4c(-c5cccc(-c6cc7ccccc7c7ccccc67)c5)cc(-c5ccccc5)cc4c3c2)cc1.c1ccc(-c2cccc3c2sc2c(-c4ccc(-c5cc6ccccc6c6ccccc56)cc4)cccc23)cc1. The molecule has 0 saturated heterocycles. The molecular formula is C132H84S3. The van der Waals surface area contributed by atoms with Crippen molar-refractivity contribution in [1.82, 2.24) is 0 Å². The predicted molar refractivity (Wildman–Crippen MR) is 588 cm³/mol. The van der Waals surface area contributed by atoms with E-state index in [0.29, 0.717) is 0 Å². The fourth-order valence-electron chi connectivity index (χ4n) is 20.6. The van der Waals surface area contributed by atoms with Gasteiger partial charge in [-0.1, -0.05) is 437 Å². The van der Waals surface area contributed by atoms with Crippen molar-refractivity contribution in [2.75, 3.05) is 0 Å². The van der Waals surface area contributed by atoms with Gasteiger partial charge in [0, 0.05) is 77.2 Å². The van der Waals surface area contributed by atoms with Crippen LogP contribution >= 0.6 is 34.0 Å².